The molecule has 0 radical (unpaired) electrons. The highest BCUT2D eigenvalue weighted by atomic mass is 15.0. The second-order valence-electron chi connectivity index (χ2n) is 12.1. The molecule has 0 saturated heterocycles. The van der Waals surface area contributed by atoms with Gasteiger partial charge in [-0.05, 0) is 65.9 Å². The largest absolute Gasteiger partial charge is 0.333 e. The zero-order valence-corrected chi connectivity index (χ0v) is 25.2. The van der Waals surface area contributed by atoms with E-state index in [-0.39, 0.29) is 6.04 Å². The first-order valence-electron chi connectivity index (χ1n) is 15.8. The maximum atomic E-state index is 2.57. The molecule has 45 heavy (non-hydrogen) atoms. The summed E-state index contributed by atoms with van der Waals surface area (Å²) in [6.45, 7) is 2.19. The Morgan fingerprint density at radius 2 is 1.20 bits per heavy atom. The summed E-state index contributed by atoms with van der Waals surface area (Å²) in [5.41, 5.74) is 12.5. The van der Waals surface area contributed by atoms with Gasteiger partial charge in [0.2, 0.25) is 0 Å². The first-order valence-corrected chi connectivity index (χ1v) is 15.8. The van der Waals surface area contributed by atoms with Gasteiger partial charge in [0.1, 0.15) is 0 Å². The van der Waals surface area contributed by atoms with Gasteiger partial charge in [0.25, 0.3) is 0 Å². The molecule has 1 unspecified atom stereocenters. The normalized spacial score (nSPS) is 14.7. The van der Waals surface area contributed by atoms with Crippen molar-refractivity contribution < 1.29 is 0 Å². The topological polar surface area (TPSA) is 9.86 Å². The summed E-state index contributed by atoms with van der Waals surface area (Å²) in [5.74, 6) is 0. The quantitative estimate of drug-likeness (QED) is 0.197. The fraction of sp³-hybridized carbons (Fsp3) is 0.0698. The molecular weight excluding hydrogens is 544 g/mol. The van der Waals surface area contributed by atoms with Crippen LogP contribution in [0.4, 0.5) is 0 Å². The Morgan fingerprint density at radius 1 is 0.533 bits per heavy atom. The van der Waals surface area contributed by atoms with Gasteiger partial charge in [0.05, 0.1) is 22.6 Å². The number of rotatable bonds is 4. The Labute approximate surface area is 262 Å². The van der Waals surface area contributed by atoms with Crippen LogP contribution in [0.3, 0.4) is 0 Å². The average Bonchev–Trinajstić information content (AvgIpc) is 3.62. The molecule has 214 valence electrons. The van der Waals surface area contributed by atoms with Crippen molar-refractivity contribution in [1.29, 1.82) is 0 Å². The van der Waals surface area contributed by atoms with Crippen LogP contribution in [0.5, 0.6) is 0 Å². The highest BCUT2D eigenvalue weighted by molar-refractivity contribution is 6.14. The van der Waals surface area contributed by atoms with Crippen molar-refractivity contribution in [1.82, 2.24) is 9.13 Å². The Balaban J connectivity index is 1.30. The molecule has 9 rings (SSSR count). The second-order valence-corrected chi connectivity index (χ2v) is 12.1. The van der Waals surface area contributed by atoms with E-state index in [1.807, 2.05) is 0 Å². The molecule has 1 atom stereocenters. The van der Waals surface area contributed by atoms with Gasteiger partial charge in [0.15, 0.2) is 0 Å². The van der Waals surface area contributed by atoms with E-state index >= 15 is 0 Å². The van der Waals surface area contributed by atoms with Gasteiger partial charge in [-0.25, -0.2) is 0 Å². The van der Waals surface area contributed by atoms with Crippen LogP contribution in [0.25, 0.3) is 71.6 Å². The molecule has 2 heterocycles. The minimum atomic E-state index is 0.273. The maximum absolute atomic E-state index is 2.57. The molecular formula is C43H32N2. The van der Waals surface area contributed by atoms with E-state index in [1.165, 1.54) is 77.1 Å². The summed E-state index contributed by atoms with van der Waals surface area (Å²) in [7, 11) is 0. The lowest BCUT2D eigenvalue weighted by atomic mass is 9.92. The van der Waals surface area contributed by atoms with E-state index < -0.39 is 0 Å². The molecule has 8 aromatic rings. The molecule has 0 aliphatic heterocycles. The van der Waals surface area contributed by atoms with E-state index in [2.05, 4.69) is 174 Å². The fourth-order valence-electron chi connectivity index (χ4n) is 7.56. The summed E-state index contributed by atoms with van der Waals surface area (Å²) in [4.78, 5) is 0. The lowest BCUT2D eigenvalue weighted by Gasteiger charge is -2.21. The third-order valence-corrected chi connectivity index (χ3v) is 9.58. The Hall–Kier alpha value is -5.60. The van der Waals surface area contributed by atoms with Crippen molar-refractivity contribution in [3.63, 3.8) is 0 Å². The highest BCUT2D eigenvalue weighted by Gasteiger charge is 2.21. The van der Waals surface area contributed by atoms with Crippen LogP contribution >= 0.6 is 0 Å². The molecule has 1 aliphatic carbocycles. The fourth-order valence-corrected chi connectivity index (χ4v) is 7.56. The minimum Gasteiger partial charge on any atom is -0.333 e. The molecule has 0 amide bonds. The molecule has 0 fully saturated rings. The number of hydrogen-bond donors (Lipinski definition) is 0. The molecule has 0 saturated carbocycles. The zero-order chi connectivity index (χ0) is 29.9. The van der Waals surface area contributed by atoms with Gasteiger partial charge in [-0.15, -0.1) is 0 Å². The number of fused-ring (bicyclic) bond motifs is 6. The SMILES string of the molecule is Cc1ccccc1-n1c2ccccc2c2cc(-c3ccccc3-c3cccc4c5ccccc5n(C5C=CC=CC5)c34)ccc21. The van der Waals surface area contributed by atoms with E-state index in [0.717, 1.165) is 6.42 Å². The lowest BCUT2D eigenvalue weighted by molar-refractivity contribution is 0.648. The zero-order valence-electron chi connectivity index (χ0n) is 25.2. The van der Waals surface area contributed by atoms with Crippen LogP contribution in [0.2, 0.25) is 0 Å². The van der Waals surface area contributed by atoms with Crippen molar-refractivity contribution in [2.45, 2.75) is 19.4 Å². The van der Waals surface area contributed by atoms with Crippen molar-refractivity contribution in [3.05, 3.63) is 163 Å². The van der Waals surface area contributed by atoms with Crippen molar-refractivity contribution in [2.24, 2.45) is 0 Å². The minimum absolute atomic E-state index is 0.273. The highest BCUT2D eigenvalue weighted by Crippen LogP contribution is 2.43. The number of para-hydroxylation sites is 4. The maximum Gasteiger partial charge on any atom is 0.0576 e. The van der Waals surface area contributed by atoms with Crippen molar-refractivity contribution in [2.75, 3.05) is 0 Å². The van der Waals surface area contributed by atoms with Crippen LogP contribution in [-0.4, -0.2) is 9.13 Å². The van der Waals surface area contributed by atoms with Crippen molar-refractivity contribution >= 4 is 43.6 Å². The van der Waals surface area contributed by atoms with Crippen LogP contribution in [0, 0.1) is 6.92 Å². The standard InChI is InChI=1S/C43H32N2/c1-29-14-5-10-23-39(29)45-41-25-12-9-20-35(41)38-28-30(26-27-42(38)45)32-17-6-7-18-33(32)36-21-13-22-37-34-19-8-11-24-40(34)44(43(36)37)31-15-3-2-4-16-31/h2-15,17-28,31H,16H2,1H3. The summed E-state index contributed by atoms with van der Waals surface area (Å²) >= 11 is 0. The molecule has 0 bridgehead atoms. The van der Waals surface area contributed by atoms with Crippen molar-refractivity contribution in [3.8, 4) is 27.9 Å². The summed E-state index contributed by atoms with van der Waals surface area (Å²) in [5, 5.41) is 5.15. The van der Waals surface area contributed by atoms with E-state index in [9.17, 15) is 0 Å². The first-order chi connectivity index (χ1) is 22.3. The molecule has 6 aromatic carbocycles. The van der Waals surface area contributed by atoms with E-state index in [4.69, 9.17) is 0 Å². The Kier molecular flexibility index (Phi) is 5.89. The number of aryl methyl sites for hydroxylation is 1. The van der Waals surface area contributed by atoms with Gasteiger partial charge in [-0.3, -0.25) is 0 Å². The summed E-state index contributed by atoms with van der Waals surface area (Å²) in [6.07, 6.45) is 9.96. The summed E-state index contributed by atoms with van der Waals surface area (Å²) in [6, 6.07) is 49.3. The third-order valence-electron chi connectivity index (χ3n) is 9.58. The number of nitrogens with zero attached hydrogens (tertiary/aromatic N) is 2. The number of aromatic nitrogens is 2. The Bertz CT molecular complexity index is 2480. The van der Waals surface area contributed by atoms with E-state index in [1.54, 1.807) is 0 Å². The van der Waals surface area contributed by atoms with Crippen LogP contribution in [0.1, 0.15) is 18.0 Å². The van der Waals surface area contributed by atoms with Crippen LogP contribution < -0.4 is 0 Å². The number of benzene rings is 6. The summed E-state index contributed by atoms with van der Waals surface area (Å²) < 4.78 is 4.98. The lowest BCUT2D eigenvalue weighted by Crippen LogP contribution is -2.07. The molecule has 2 nitrogen and oxygen atoms in total. The Morgan fingerprint density at radius 3 is 2.02 bits per heavy atom. The molecule has 0 N–H and O–H groups in total. The predicted molar refractivity (Wildman–Crippen MR) is 191 cm³/mol. The van der Waals surface area contributed by atoms with Crippen LogP contribution in [-0.2, 0) is 0 Å². The van der Waals surface area contributed by atoms with Gasteiger partial charge in [-0.1, -0.05) is 127 Å². The monoisotopic (exact) mass is 576 g/mol. The molecule has 1 aliphatic rings. The van der Waals surface area contributed by atoms with Gasteiger partial charge in [-0.2, -0.15) is 0 Å². The second kappa shape index (κ2) is 10.2. The molecule has 2 heteroatoms. The number of allylic oxidation sites excluding steroid dienone is 4. The van der Waals surface area contributed by atoms with Crippen LogP contribution in [0.15, 0.2) is 158 Å². The average molecular weight is 577 g/mol. The van der Waals surface area contributed by atoms with Gasteiger partial charge >= 0.3 is 0 Å². The smallest absolute Gasteiger partial charge is 0.0576 e. The predicted octanol–water partition coefficient (Wildman–Crippen LogP) is 11.6. The van der Waals surface area contributed by atoms with Gasteiger partial charge < -0.3 is 9.13 Å². The third kappa shape index (κ3) is 3.96. The molecule has 2 aromatic heterocycles. The van der Waals surface area contributed by atoms with Gasteiger partial charge in [0, 0.05) is 38.3 Å². The first kappa shape index (κ1) is 25.9. The molecule has 0 spiro atoms. The van der Waals surface area contributed by atoms with E-state index in [0.29, 0.717) is 0 Å². The number of hydrogen-bond acceptors (Lipinski definition) is 0.